The second-order valence-corrected chi connectivity index (χ2v) is 9.51. The molecule has 0 aliphatic carbocycles. The van der Waals surface area contributed by atoms with E-state index in [1.165, 1.54) is 11.8 Å². The minimum absolute atomic E-state index is 0.0600. The molecule has 2 aromatic carbocycles. The number of carbonyl (C=O) groups is 2. The predicted molar refractivity (Wildman–Crippen MR) is 133 cm³/mol. The molecule has 1 atom stereocenters. The van der Waals surface area contributed by atoms with E-state index < -0.39 is 0 Å². The highest BCUT2D eigenvalue weighted by molar-refractivity contribution is 7.99. The molecule has 3 rings (SSSR count). The zero-order valence-corrected chi connectivity index (χ0v) is 20.9. The Morgan fingerprint density at radius 2 is 1.82 bits per heavy atom. The Morgan fingerprint density at radius 3 is 2.52 bits per heavy atom. The summed E-state index contributed by atoms with van der Waals surface area (Å²) in [7, 11) is 1.83. The zero-order valence-electron chi connectivity index (χ0n) is 19.3. The molecule has 3 aromatic rings. The number of anilines is 1. The topological polar surface area (TPSA) is 88.9 Å². The van der Waals surface area contributed by atoms with Crippen molar-refractivity contribution < 1.29 is 9.59 Å². The average Bonchev–Trinajstić information content (AvgIpc) is 3.13. The summed E-state index contributed by atoms with van der Waals surface area (Å²) in [5.74, 6) is 0.472. The van der Waals surface area contributed by atoms with Crippen LogP contribution >= 0.6 is 23.4 Å². The van der Waals surface area contributed by atoms with Gasteiger partial charge in [0.2, 0.25) is 5.91 Å². The maximum absolute atomic E-state index is 12.8. The van der Waals surface area contributed by atoms with Crippen molar-refractivity contribution >= 4 is 40.9 Å². The normalized spacial score (nSPS) is 12.0. The van der Waals surface area contributed by atoms with E-state index in [0.717, 1.165) is 16.8 Å². The first-order valence-corrected chi connectivity index (χ1v) is 12.0. The number of aryl methyl sites for hydroxylation is 1. The third-order valence-corrected chi connectivity index (χ3v) is 6.78. The Bertz CT molecular complexity index is 1160. The molecule has 0 radical (unpaired) electrons. The minimum Gasteiger partial charge on any atom is -0.342 e. The van der Waals surface area contributed by atoms with Crippen molar-refractivity contribution in [1.82, 2.24) is 20.1 Å². The number of amides is 2. The summed E-state index contributed by atoms with van der Waals surface area (Å²) in [5, 5.41) is 15.5. The SMILES string of the molecule is Cc1cccc(NC(=O)CSc2nnc([C@H](NC(=O)c3ccccc3Cl)C(C)C)n2C)c1C. The van der Waals surface area contributed by atoms with Gasteiger partial charge in [0.15, 0.2) is 11.0 Å². The number of aromatic nitrogens is 3. The highest BCUT2D eigenvalue weighted by Crippen LogP contribution is 2.26. The quantitative estimate of drug-likeness (QED) is 0.441. The van der Waals surface area contributed by atoms with Crippen molar-refractivity contribution in [2.24, 2.45) is 13.0 Å². The first-order chi connectivity index (χ1) is 15.7. The molecule has 33 heavy (non-hydrogen) atoms. The van der Waals surface area contributed by atoms with Crippen LogP contribution in [0.1, 0.15) is 47.2 Å². The molecular weight excluding hydrogens is 458 g/mol. The number of rotatable bonds is 8. The molecule has 7 nitrogen and oxygen atoms in total. The third kappa shape index (κ3) is 5.94. The maximum Gasteiger partial charge on any atom is 0.253 e. The van der Waals surface area contributed by atoms with Gasteiger partial charge in [-0.05, 0) is 49.1 Å². The highest BCUT2D eigenvalue weighted by Gasteiger charge is 2.26. The van der Waals surface area contributed by atoms with E-state index in [-0.39, 0.29) is 29.5 Å². The fraction of sp³-hybridized carbons (Fsp3) is 0.333. The van der Waals surface area contributed by atoms with Gasteiger partial charge < -0.3 is 15.2 Å². The van der Waals surface area contributed by atoms with Crippen LogP contribution in [0.2, 0.25) is 5.02 Å². The molecule has 9 heteroatoms. The zero-order chi connectivity index (χ0) is 24.1. The fourth-order valence-electron chi connectivity index (χ4n) is 3.32. The van der Waals surface area contributed by atoms with Crippen LogP contribution in [-0.4, -0.2) is 32.3 Å². The van der Waals surface area contributed by atoms with Crippen molar-refractivity contribution in [2.75, 3.05) is 11.1 Å². The molecule has 0 aliphatic heterocycles. The molecule has 1 heterocycles. The van der Waals surface area contributed by atoms with Crippen LogP contribution in [0.5, 0.6) is 0 Å². The molecule has 0 spiro atoms. The number of hydrogen-bond donors (Lipinski definition) is 2. The van der Waals surface area contributed by atoms with E-state index in [0.29, 0.717) is 21.6 Å². The van der Waals surface area contributed by atoms with Crippen LogP contribution in [0.3, 0.4) is 0 Å². The van der Waals surface area contributed by atoms with Gasteiger partial charge in [0, 0.05) is 12.7 Å². The van der Waals surface area contributed by atoms with E-state index in [9.17, 15) is 9.59 Å². The lowest BCUT2D eigenvalue weighted by Crippen LogP contribution is -2.33. The molecule has 0 saturated heterocycles. The smallest absolute Gasteiger partial charge is 0.253 e. The number of carbonyl (C=O) groups excluding carboxylic acids is 2. The summed E-state index contributed by atoms with van der Waals surface area (Å²) in [6.45, 7) is 7.99. The third-order valence-electron chi connectivity index (χ3n) is 5.43. The molecule has 2 N–H and O–H groups in total. The van der Waals surface area contributed by atoms with Gasteiger partial charge in [-0.1, -0.05) is 61.5 Å². The van der Waals surface area contributed by atoms with Crippen LogP contribution in [-0.2, 0) is 11.8 Å². The highest BCUT2D eigenvalue weighted by atomic mass is 35.5. The molecule has 0 aliphatic rings. The van der Waals surface area contributed by atoms with Gasteiger partial charge in [0.1, 0.15) is 0 Å². The molecule has 2 amide bonds. The van der Waals surface area contributed by atoms with Crippen LogP contribution < -0.4 is 10.6 Å². The van der Waals surface area contributed by atoms with E-state index >= 15 is 0 Å². The minimum atomic E-state index is -0.371. The van der Waals surface area contributed by atoms with Gasteiger partial charge in [-0.15, -0.1) is 10.2 Å². The van der Waals surface area contributed by atoms with Crippen LogP contribution in [0.4, 0.5) is 5.69 Å². The largest absolute Gasteiger partial charge is 0.342 e. The van der Waals surface area contributed by atoms with Crippen molar-refractivity contribution in [3.8, 4) is 0 Å². The maximum atomic E-state index is 12.8. The molecule has 0 unspecified atom stereocenters. The van der Waals surface area contributed by atoms with Gasteiger partial charge in [-0.2, -0.15) is 0 Å². The van der Waals surface area contributed by atoms with Crippen LogP contribution in [0.15, 0.2) is 47.6 Å². The standard InChI is InChI=1S/C24H28ClN5O2S/c1-14(2)21(27-23(32)17-10-6-7-11-18(17)25)22-28-29-24(30(22)5)33-13-20(31)26-19-12-8-9-15(3)16(19)4/h6-12,14,21H,13H2,1-5H3,(H,26,31)(H,27,32)/t21-/m1/s1. The lowest BCUT2D eigenvalue weighted by atomic mass is 10.0. The van der Waals surface area contributed by atoms with E-state index in [2.05, 4.69) is 20.8 Å². The van der Waals surface area contributed by atoms with Gasteiger partial charge in [0.25, 0.3) is 5.91 Å². The Labute approximate surface area is 203 Å². The Balaban J connectivity index is 1.69. The number of thioether (sulfide) groups is 1. The second-order valence-electron chi connectivity index (χ2n) is 8.16. The Kier molecular flexibility index (Phi) is 8.15. The molecule has 1 aromatic heterocycles. The lowest BCUT2D eigenvalue weighted by molar-refractivity contribution is -0.113. The first kappa shape index (κ1) is 24.8. The summed E-state index contributed by atoms with van der Waals surface area (Å²) in [6, 6.07) is 12.4. The van der Waals surface area contributed by atoms with Gasteiger partial charge >= 0.3 is 0 Å². The summed E-state index contributed by atoms with van der Waals surface area (Å²) < 4.78 is 1.81. The molecule has 0 fully saturated rings. The fourth-order valence-corrected chi connectivity index (χ4v) is 4.26. The van der Waals surface area contributed by atoms with Gasteiger partial charge in [0.05, 0.1) is 22.4 Å². The summed E-state index contributed by atoms with van der Waals surface area (Å²) in [6.07, 6.45) is 0. The van der Waals surface area contributed by atoms with Gasteiger partial charge in [-0.3, -0.25) is 9.59 Å². The molecule has 0 saturated carbocycles. The van der Waals surface area contributed by atoms with Crippen molar-refractivity contribution in [3.63, 3.8) is 0 Å². The molecular formula is C24H28ClN5O2S. The Hall–Kier alpha value is -2.84. The van der Waals surface area contributed by atoms with Crippen molar-refractivity contribution in [3.05, 3.63) is 70.0 Å². The second kappa shape index (κ2) is 10.9. The van der Waals surface area contributed by atoms with E-state index in [1.54, 1.807) is 24.3 Å². The number of halogens is 1. The Morgan fingerprint density at radius 1 is 1.09 bits per heavy atom. The van der Waals surface area contributed by atoms with Crippen molar-refractivity contribution in [2.45, 2.75) is 38.9 Å². The average molecular weight is 486 g/mol. The number of hydrogen-bond acceptors (Lipinski definition) is 5. The van der Waals surface area contributed by atoms with E-state index in [4.69, 9.17) is 11.6 Å². The molecule has 174 valence electrons. The van der Waals surface area contributed by atoms with Crippen LogP contribution in [0, 0.1) is 19.8 Å². The monoisotopic (exact) mass is 485 g/mol. The lowest BCUT2D eigenvalue weighted by Gasteiger charge is -2.22. The number of nitrogens with one attached hydrogen (secondary N) is 2. The first-order valence-electron chi connectivity index (χ1n) is 10.6. The predicted octanol–water partition coefficient (Wildman–Crippen LogP) is 4.94. The molecule has 0 bridgehead atoms. The summed E-state index contributed by atoms with van der Waals surface area (Å²) in [5.41, 5.74) is 3.38. The van der Waals surface area contributed by atoms with Crippen LogP contribution in [0.25, 0.3) is 0 Å². The summed E-state index contributed by atoms with van der Waals surface area (Å²) >= 11 is 7.47. The van der Waals surface area contributed by atoms with E-state index in [1.807, 2.05) is 57.5 Å². The van der Waals surface area contributed by atoms with Gasteiger partial charge in [-0.25, -0.2) is 0 Å². The summed E-state index contributed by atoms with van der Waals surface area (Å²) in [4.78, 5) is 25.3. The number of nitrogens with zero attached hydrogens (tertiary/aromatic N) is 3. The number of benzene rings is 2. The van der Waals surface area contributed by atoms with Crippen molar-refractivity contribution in [1.29, 1.82) is 0 Å².